The van der Waals surface area contributed by atoms with E-state index in [1.54, 1.807) is 43.7 Å². The molecule has 0 unspecified atom stereocenters. The van der Waals surface area contributed by atoms with E-state index in [-0.39, 0.29) is 11.7 Å². The molecule has 104 valence electrons. The maximum Gasteiger partial charge on any atom is 0.253 e. The Hall–Kier alpha value is -2.43. The molecule has 0 aliphatic carbocycles. The van der Waals surface area contributed by atoms with Gasteiger partial charge in [-0.3, -0.25) is 9.78 Å². The van der Waals surface area contributed by atoms with Gasteiger partial charge in [0.25, 0.3) is 5.91 Å². The topological polar surface area (TPSA) is 54.0 Å². The molecule has 0 saturated heterocycles. The van der Waals surface area contributed by atoms with Crippen molar-refractivity contribution < 1.29 is 9.18 Å². The van der Waals surface area contributed by atoms with E-state index in [9.17, 15) is 9.18 Å². The van der Waals surface area contributed by atoms with Gasteiger partial charge in [0.05, 0.1) is 17.4 Å². The van der Waals surface area contributed by atoms with Crippen LogP contribution in [0.25, 0.3) is 0 Å². The molecule has 2 rings (SSSR count). The first-order chi connectivity index (χ1) is 9.72. The standard InChI is InChI=1S/C15H16FN3O/c1-17-14-10-18-8-7-12(14)15(20)19-9-6-11-4-2-3-5-13(11)16/h2-5,7-8,10,17H,6,9H2,1H3,(H,19,20). The number of hydrogen-bond donors (Lipinski definition) is 2. The predicted octanol–water partition coefficient (Wildman–Crippen LogP) is 2.23. The summed E-state index contributed by atoms with van der Waals surface area (Å²) in [7, 11) is 1.73. The third kappa shape index (κ3) is 3.32. The number of benzene rings is 1. The number of nitrogens with zero attached hydrogens (tertiary/aromatic N) is 1. The van der Waals surface area contributed by atoms with Crippen LogP contribution in [-0.4, -0.2) is 24.5 Å². The number of pyridine rings is 1. The van der Waals surface area contributed by atoms with Crippen molar-refractivity contribution in [1.82, 2.24) is 10.3 Å². The molecule has 2 N–H and O–H groups in total. The summed E-state index contributed by atoms with van der Waals surface area (Å²) in [6.45, 7) is 0.380. The van der Waals surface area contributed by atoms with E-state index in [0.717, 1.165) is 0 Å². The molecule has 2 aromatic rings. The van der Waals surface area contributed by atoms with Crippen LogP contribution in [0.4, 0.5) is 10.1 Å². The number of hydrogen-bond acceptors (Lipinski definition) is 3. The number of aromatic nitrogens is 1. The molecule has 1 heterocycles. The number of carbonyl (C=O) groups excluding carboxylic acids is 1. The average molecular weight is 273 g/mol. The monoisotopic (exact) mass is 273 g/mol. The summed E-state index contributed by atoms with van der Waals surface area (Å²) in [5, 5.41) is 5.69. The Labute approximate surface area is 117 Å². The van der Waals surface area contributed by atoms with Gasteiger partial charge in [-0.15, -0.1) is 0 Å². The summed E-state index contributed by atoms with van der Waals surface area (Å²) in [5.74, 6) is -0.449. The van der Waals surface area contributed by atoms with E-state index in [2.05, 4.69) is 15.6 Å². The molecule has 0 spiro atoms. The highest BCUT2D eigenvalue weighted by molar-refractivity contribution is 5.99. The van der Waals surface area contributed by atoms with Gasteiger partial charge in [0.15, 0.2) is 0 Å². The normalized spacial score (nSPS) is 10.1. The van der Waals surface area contributed by atoms with Crippen LogP contribution in [0.15, 0.2) is 42.7 Å². The Morgan fingerprint density at radius 1 is 1.30 bits per heavy atom. The van der Waals surface area contributed by atoms with Crippen LogP contribution < -0.4 is 10.6 Å². The second kappa shape index (κ2) is 6.65. The largest absolute Gasteiger partial charge is 0.386 e. The summed E-state index contributed by atoms with van der Waals surface area (Å²) in [5.41, 5.74) is 1.78. The molecule has 5 heteroatoms. The summed E-state index contributed by atoms with van der Waals surface area (Å²) in [6, 6.07) is 8.20. The lowest BCUT2D eigenvalue weighted by atomic mass is 10.1. The van der Waals surface area contributed by atoms with Gasteiger partial charge in [-0.05, 0) is 24.1 Å². The van der Waals surface area contributed by atoms with Crippen molar-refractivity contribution in [2.75, 3.05) is 18.9 Å². The van der Waals surface area contributed by atoms with Crippen molar-refractivity contribution in [3.8, 4) is 0 Å². The maximum atomic E-state index is 13.4. The fraction of sp³-hybridized carbons (Fsp3) is 0.200. The number of nitrogens with one attached hydrogen (secondary N) is 2. The second-order valence-corrected chi connectivity index (χ2v) is 4.27. The Morgan fingerprint density at radius 3 is 2.85 bits per heavy atom. The van der Waals surface area contributed by atoms with E-state index in [0.29, 0.717) is 29.8 Å². The average Bonchev–Trinajstić information content (AvgIpc) is 2.49. The molecular weight excluding hydrogens is 257 g/mol. The molecule has 20 heavy (non-hydrogen) atoms. The molecule has 0 radical (unpaired) electrons. The number of amides is 1. The third-order valence-electron chi connectivity index (χ3n) is 2.97. The molecule has 0 aliphatic heterocycles. The van der Waals surface area contributed by atoms with Crippen molar-refractivity contribution in [2.45, 2.75) is 6.42 Å². The quantitative estimate of drug-likeness (QED) is 0.878. The van der Waals surface area contributed by atoms with Gasteiger partial charge in [0.2, 0.25) is 0 Å². The Kier molecular flexibility index (Phi) is 4.65. The molecule has 1 aromatic carbocycles. The summed E-state index contributed by atoms with van der Waals surface area (Å²) in [6.07, 6.45) is 3.61. The smallest absolute Gasteiger partial charge is 0.253 e. The van der Waals surface area contributed by atoms with Gasteiger partial charge in [-0.2, -0.15) is 0 Å². The molecule has 4 nitrogen and oxygen atoms in total. The minimum absolute atomic E-state index is 0.201. The Morgan fingerprint density at radius 2 is 2.10 bits per heavy atom. The van der Waals surface area contributed by atoms with Gasteiger partial charge >= 0.3 is 0 Å². The van der Waals surface area contributed by atoms with E-state index in [1.165, 1.54) is 6.07 Å². The van der Waals surface area contributed by atoms with Crippen molar-refractivity contribution in [2.24, 2.45) is 0 Å². The molecule has 0 fully saturated rings. The van der Waals surface area contributed by atoms with E-state index < -0.39 is 0 Å². The van der Waals surface area contributed by atoms with Gasteiger partial charge in [-0.25, -0.2) is 4.39 Å². The summed E-state index contributed by atoms with van der Waals surface area (Å²) >= 11 is 0. The van der Waals surface area contributed by atoms with Crippen LogP contribution in [0.2, 0.25) is 0 Å². The highest BCUT2D eigenvalue weighted by atomic mass is 19.1. The highest BCUT2D eigenvalue weighted by Gasteiger charge is 2.10. The fourth-order valence-electron chi connectivity index (χ4n) is 1.90. The van der Waals surface area contributed by atoms with Crippen LogP contribution in [0.3, 0.4) is 0 Å². The van der Waals surface area contributed by atoms with Gasteiger partial charge < -0.3 is 10.6 Å². The zero-order chi connectivity index (χ0) is 14.4. The molecular formula is C15H16FN3O. The first kappa shape index (κ1) is 14.0. The Balaban J connectivity index is 1.94. The molecule has 0 saturated carbocycles. The lowest BCUT2D eigenvalue weighted by molar-refractivity contribution is 0.0954. The lowest BCUT2D eigenvalue weighted by Gasteiger charge is -2.09. The van der Waals surface area contributed by atoms with Crippen LogP contribution in [0.5, 0.6) is 0 Å². The first-order valence-corrected chi connectivity index (χ1v) is 6.35. The zero-order valence-electron chi connectivity index (χ0n) is 11.2. The van der Waals surface area contributed by atoms with E-state index in [4.69, 9.17) is 0 Å². The molecule has 0 aliphatic rings. The minimum atomic E-state index is -0.249. The SMILES string of the molecule is CNc1cnccc1C(=O)NCCc1ccccc1F. The number of rotatable bonds is 5. The number of halogens is 1. The van der Waals surface area contributed by atoms with Crippen LogP contribution in [0, 0.1) is 5.82 Å². The zero-order valence-corrected chi connectivity index (χ0v) is 11.2. The summed E-state index contributed by atoms with van der Waals surface area (Å²) < 4.78 is 13.4. The summed E-state index contributed by atoms with van der Waals surface area (Å²) in [4.78, 5) is 16.0. The van der Waals surface area contributed by atoms with Gasteiger partial charge in [0, 0.05) is 19.8 Å². The minimum Gasteiger partial charge on any atom is -0.386 e. The van der Waals surface area contributed by atoms with E-state index in [1.807, 2.05) is 0 Å². The van der Waals surface area contributed by atoms with Gasteiger partial charge in [0.1, 0.15) is 5.82 Å². The number of carbonyl (C=O) groups is 1. The van der Waals surface area contributed by atoms with Crippen LogP contribution in [0.1, 0.15) is 15.9 Å². The lowest BCUT2D eigenvalue weighted by Crippen LogP contribution is -2.26. The molecule has 0 bridgehead atoms. The molecule has 0 atom stereocenters. The van der Waals surface area contributed by atoms with Crippen LogP contribution >= 0.6 is 0 Å². The highest BCUT2D eigenvalue weighted by Crippen LogP contribution is 2.12. The fourth-order valence-corrected chi connectivity index (χ4v) is 1.90. The first-order valence-electron chi connectivity index (χ1n) is 6.35. The van der Waals surface area contributed by atoms with Crippen molar-refractivity contribution in [3.63, 3.8) is 0 Å². The van der Waals surface area contributed by atoms with E-state index >= 15 is 0 Å². The van der Waals surface area contributed by atoms with Crippen molar-refractivity contribution in [3.05, 3.63) is 59.7 Å². The number of anilines is 1. The Bertz CT molecular complexity index is 601. The third-order valence-corrected chi connectivity index (χ3v) is 2.97. The maximum absolute atomic E-state index is 13.4. The predicted molar refractivity (Wildman–Crippen MR) is 76.2 cm³/mol. The van der Waals surface area contributed by atoms with Crippen molar-refractivity contribution in [1.29, 1.82) is 0 Å². The molecule has 1 aromatic heterocycles. The van der Waals surface area contributed by atoms with Gasteiger partial charge in [-0.1, -0.05) is 18.2 Å². The second-order valence-electron chi connectivity index (χ2n) is 4.27. The van der Waals surface area contributed by atoms with Crippen molar-refractivity contribution >= 4 is 11.6 Å². The van der Waals surface area contributed by atoms with Crippen LogP contribution in [-0.2, 0) is 6.42 Å². The molecule has 1 amide bonds.